The maximum absolute atomic E-state index is 11.2. The highest BCUT2D eigenvalue weighted by Crippen LogP contribution is 2.31. The summed E-state index contributed by atoms with van der Waals surface area (Å²) in [5.74, 6) is 0. The quantitative estimate of drug-likeness (QED) is 0.259. The highest BCUT2D eigenvalue weighted by molar-refractivity contribution is 8.00. The lowest BCUT2D eigenvalue weighted by Gasteiger charge is -2.19. The first-order valence-electron chi connectivity index (χ1n) is 7.54. The molecule has 0 heterocycles. The third-order valence-corrected chi connectivity index (χ3v) is 4.89. The molecule has 112 valence electrons. The molecule has 3 nitrogen and oxygen atoms in total. The maximum Gasteiger partial charge on any atom is 0.224 e. The van der Waals surface area contributed by atoms with Gasteiger partial charge in [-0.15, -0.1) is 11.8 Å². The summed E-state index contributed by atoms with van der Waals surface area (Å²) in [6, 6.07) is 9.59. The molecule has 0 fully saturated rings. The number of benzene rings is 1. The monoisotopic (exact) mass is 295 g/mol. The minimum Gasteiger partial charge on any atom is -0.264 e. The van der Waals surface area contributed by atoms with Gasteiger partial charge in [-0.05, 0) is 18.6 Å². The van der Waals surface area contributed by atoms with Gasteiger partial charge in [0.05, 0.1) is 5.25 Å². The van der Waals surface area contributed by atoms with Crippen LogP contribution in [-0.2, 0) is 0 Å². The molecule has 0 radical (unpaired) electrons. The van der Waals surface area contributed by atoms with Crippen molar-refractivity contribution < 1.29 is 4.92 Å². The van der Waals surface area contributed by atoms with Crippen molar-refractivity contribution in [2.45, 2.75) is 68.6 Å². The van der Waals surface area contributed by atoms with Gasteiger partial charge in [0.25, 0.3) is 0 Å². The van der Waals surface area contributed by atoms with E-state index in [9.17, 15) is 10.1 Å². The van der Waals surface area contributed by atoms with Gasteiger partial charge in [0.15, 0.2) is 0 Å². The first-order chi connectivity index (χ1) is 9.69. The van der Waals surface area contributed by atoms with Crippen LogP contribution in [0, 0.1) is 10.1 Å². The molecule has 0 saturated heterocycles. The number of hydrogen-bond acceptors (Lipinski definition) is 3. The average molecular weight is 295 g/mol. The lowest BCUT2D eigenvalue weighted by Crippen LogP contribution is -2.30. The number of rotatable bonds is 10. The van der Waals surface area contributed by atoms with Crippen LogP contribution in [0.3, 0.4) is 0 Å². The molecule has 0 unspecified atom stereocenters. The second-order valence-corrected chi connectivity index (χ2v) is 6.39. The van der Waals surface area contributed by atoms with E-state index >= 15 is 0 Å². The fourth-order valence-corrected chi connectivity index (χ4v) is 3.72. The van der Waals surface area contributed by atoms with E-state index in [0.717, 1.165) is 17.7 Å². The summed E-state index contributed by atoms with van der Waals surface area (Å²) < 4.78 is 0. The Bertz CT molecular complexity index is 383. The number of unbranched alkanes of at least 4 members (excludes halogenated alkanes) is 3. The van der Waals surface area contributed by atoms with Crippen molar-refractivity contribution in [3.8, 4) is 0 Å². The fourth-order valence-electron chi connectivity index (χ4n) is 2.32. The Labute approximate surface area is 126 Å². The predicted octanol–water partition coefficient (Wildman–Crippen LogP) is 5.17. The van der Waals surface area contributed by atoms with Crippen LogP contribution in [0.2, 0.25) is 0 Å². The van der Waals surface area contributed by atoms with Crippen molar-refractivity contribution in [1.82, 2.24) is 0 Å². The van der Waals surface area contributed by atoms with Crippen molar-refractivity contribution in [3.63, 3.8) is 0 Å². The second kappa shape index (κ2) is 9.81. The first kappa shape index (κ1) is 17.0. The molecule has 4 heteroatoms. The molecule has 0 aliphatic carbocycles. The van der Waals surface area contributed by atoms with Crippen molar-refractivity contribution in [2.75, 3.05) is 0 Å². The average Bonchev–Trinajstić information content (AvgIpc) is 2.44. The lowest BCUT2D eigenvalue weighted by molar-refractivity contribution is -0.522. The molecular formula is C16H25NO2S. The Morgan fingerprint density at radius 3 is 2.40 bits per heavy atom. The summed E-state index contributed by atoms with van der Waals surface area (Å²) >= 11 is 1.67. The van der Waals surface area contributed by atoms with Crippen LogP contribution in [0.1, 0.15) is 52.4 Å². The summed E-state index contributed by atoms with van der Waals surface area (Å²) in [6.07, 6.45) is 6.21. The Balaban J connectivity index is 2.65. The van der Waals surface area contributed by atoms with Crippen LogP contribution in [0.25, 0.3) is 0 Å². The van der Waals surface area contributed by atoms with E-state index in [1.54, 1.807) is 11.8 Å². The summed E-state index contributed by atoms with van der Waals surface area (Å²) in [7, 11) is 0. The predicted molar refractivity (Wildman–Crippen MR) is 85.9 cm³/mol. The van der Waals surface area contributed by atoms with Gasteiger partial charge in [-0.25, -0.2) is 0 Å². The molecule has 0 N–H and O–H groups in total. The van der Waals surface area contributed by atoms with Crippen molar-refractivity contribution >= 4 is 11.8 Å². The summed E-state index contributed by atoms with van der Waals surface area (Å²) in [5.41, 5.74) is 0. The van der Waals surface area contributed by atoms with Gasteiger partial charge in [0.2, 0.25) is 6.04 Å². The van der Waals surface area contributed by atoms with E-state index in [2.05, 4.69) is 6.92 Å². The van der Waals surface area contributed by atoms with E-state index in [0.29, 0.717) is 6.42 Å². The zero-order valence-corrected chi connectivity index (χ0v) is 13.3. The highest BCUT2D eigenvalue weighted by atomic mass is 32.2. The third kappa shape index (κ3) is 5.95. The van der Waals surface area contributed by atoms with E-state index in [4.69, 9.17) is 0 Å². The number of thioether (sulfide) groups is 1. The summed E-state index contributed by atoms with van der Waals surface area (Å²) in [4.78, 5) is 12.3. The molecule has 0 saturated carbocycles. The smallest absolute Gasteiger partial charge is 0.224 e. The topological polar surface area (TPSA) is 43.1 Å². The van der Waals surface area contributed by atoms with E-state index < -0.39 is 6.04 Å². The van der Waals surface area contributed by atoms with Gasteiger partial charge in [-0.2, -0.15) is 0 Å². The van der Waals surface area contributed by atoms with E-state index in [1.807, 2.05) is 37.3 Å². The Morgan fingerprint density at radius 1 is 1.15 bits per heavy atom. The molecule has 1 aromatic carbocycles. The minimum absolute atomic E-state index is 0.0780. The van der Waals surface area contributed by atoms with Crippen LogP contribution in [0.15, 0.2) is 35.2 Å². The van der Waals surface area contributed by atoms with E-state index in [1.165, 1.54) is 19.3 Å². The van der Waals surface area contributed by atoms with Crippen LogP contribution in [0.4, 0.5) is 0 Å². The normalized spacial score (nSPS) is 13.9. The van der Waals surface area contributed by atoms with Crippen LogP contribution in [0.5, 0.6) is 0 Å². The molecule has 1 aromatic rings. The molecular weight excluding hydrogens is 270 g/mol. The third-order valence-electron chi connectivity index (χ3n) is 3.49. The highest BCUT2D eigenvalue weighted by Gasteiger charge is 2.30. The van der Waals surface area contributed by atoms with Crippen LogP contribution >= 0.6 is 11.8 Å². The first-order valence-corrected chi connectivity index (χ1v) is 8.42. The van der Waals surface area contributed by atoms with Gasteiger partial charge < -0.3 is 0 Å². The molecule has 0 bridgehead atoms. The maximum atomic E-state index is 11.2. The summed E-state index contributed by atoms with van der Waals surface area (Å²) in [5, 5.41) is 11.3. The molecule has 0 aromatic heterocycles. The van der Waals surface area contributed by atoms with Gasteiger partial charge in [0.1, 0.15) is 0 Å². The second-order valence-electron chi connectivity index (χ2n) is 5.08. The Morgan fingerprint density at radius 2 is 1.85 bits per heavy atom. The zero-order valence-electron chi connectivity index (χ0n) is 12.5. The molecule has 0 amide bonds. The minimum atomic E-state index is -0.443. The molecule has 0 spiro atoms. The lowest BCUT2D eigenvalue weighted by atomic mass is 10.0. The van der Waals surface area contributed by atoms with Gasteiger partial charge in [0, 0.05) is 16.2 Å². The summed E-state index contributed by atoms with van der Waals surface area (Å²) in [6.45, 7) is 4.10. The molecule has 2 atom stereocenters. The number of nitrogens with zero attached hydrogens (tertiary/aromatic N) is 1. The Kier molecular flexibility index (Phi) is 8.35. The van der Waals surface area contributed by atoms with Gasteiger partial charge >= 0.3 is 0 Å². The van der Waals surface area contributed by atoms with Crippen LogP contribution in [-0.4, -0.2) is 16.2 Å². The molecule has 20 heavy (non-hydrogen) atoms. The van der Waals surface area contributed by atoms with Crippen molar-refractivity contribution in [3.05, 3.63) is 40.4 Å². The Hall–Kier alpha value is -1.03. The van der Waals surface area contributed by atoms with E-state index in [-0.39, 0.29) is 10.2 Å². The van der Waals surface area contributed by atoms with Gasteiger partial charge in [-0.3, -0.25) is 10.1 Å². The molecule has 1 rings (SSSR count). The number of nitro groups is 1. The largest absolute Gasteiger partial charge is 0.264 e. The molecule has 0 aliphatic rings. The van der Waals surface area contributed by atoms with Crippen molar-refractivity contribution in [2.24, 2.45) is 0 Å². The number of hydrogen-bond donors (Lipinski definition) is 0. The SMILES string of the molecule is CCCCCC[C@H](Sc1ccccc1)[C@@H](CC)[N+](=O)[O-]. The fraction of sp³-hybridized carbons (Fsp3) is 0.625. The molecule has 0 aliphatic heterocycles. The van der Waals surface area contributed by atoms with Crippen molar-refractivity contribution in [1.29, 1.82) is 0 Å². The van der Waals surface area contributed by atoms with Gasteiger partial charge in [-0.1, -0.05) is 57.7 Å². The standard InChI is InChI=1S/C16H25NO2S/c1-3-5-6-10-13-16(15(4-2)17(18)19)20-14-11-8-7-9-12-14/h7-9,11-12,15-16H,3-6,10,13H2,1-2H3/t15-,16+/m1/s1. The zero-order chi connectivity index (χ0) is 14.8. The van der Waals surface area contributed by atoms with Crippen LogP contribution < -0.4 is 0 Å².